The van der Waals surface area contributed by atoms with Crippen LogP contribution in [-0.4, -0.2) is 51.1 Å². The Morgan fingerprint density at radius 1 is 1.35 bits per heavy atom. The van der Waals surface area contributed by atoms with Crippen molar-refractivity contribution in [3.05, 3.63) is 0 Å². The molecule has 2 fully saturated rings. The number of rotatable bonds is 5. The van der Waals surface area contributed by atoms with E-state index < -0.39 is 21.9 Å². The van der Waals surface area contributed by atoms with Crippen LogP contribution in [-0.2, 0) is 10.2 Å². The molecule has 20 heavy (non-hydrogen) atoms. The van der Waals surface area contributed by atoms with E-state index in [1.54, 1.807) is 7.05 Å². The van der Waals surface area contributed by atoms with Gasteiger partial charge in [-0.05, 0) is 45.2 Å². The number of nitrogens with one attached hydrogen (secondary N) is 2. The zero-order valence-corrected chi connectivity index (χ0v) is 12.1. The summed E-state index contributed by atoms with van der Waals surface area (Å²) < 4.78 is 65.8. The topological polar surface area (TPSA) is 61.4 Å². The number of nitrogens with zero attached hydrogens (tertiary/aromatic N) is 1. The Labute approximate surface area is 117 Å². The Hall–Kier alpha value is -0.380. The number of hydrogen-bond donors (Lipinski definition) is 2. The smallest absolute Gasteiger partial charge is 0.319 e. The molecule has 0 aromatic heterocycles. The predicted molar refractivity (Wildman–Crippen MR) is 68.3 cm³/mol. The lowest BCUT2D eigenvalue weighted by atomic mass is 10.00. The van der Waals surface area contributed by atoms with Crippen molar-refractivity contribution in [2.45, 2.75) is 37.4 Å². The molecule has 1 saturated heterocycles. The van der Waals surface area contributed by atoms with Gasteiger partial charge in [0.1, 0.15) is 5.54 Å². The lowest BCUT2D eigenvalue weighted by molar-refractivity contribution is -0.161. The lowest BCUT2D eigenvalue weighted by Gasteiger charge is -2.33. The van der Waals surface area contributed by atoms with Crippen LogP contribution in [0, 0.1) is 5.92 Å². The van der Waals surface area contributed by atoms with Crippen LogP contribution in [0.2, 0.25) is 0 Å². The van der Waals surface area contributed by atoms with Crippen molar-refractivity contribution in [2.24, 2.45) is 5.92 Å². The van der Waals surface area contributed by atoms with Gasteiger partial charge in [0.2, 0.25) is 0 Å². The molecule has 1 unspecified atom stereocenters. The Kier molecular flexibility index (Phi) is 4.35. The van der Waals surface area contributed by atoms with Crippen LogP contribution in [0.25, 0.3) is 0 Å². The molecule has 2 aliphatic rings. The maximum absolute atomic E-state index is 12.8. The van der Waals surface area contributed by atoms with E-state index in [0.29, 0.717) is 13.0 Å². The molecule has 0 aromatic carbocycles. The van der Waals surface area contributed by atoms with Crippen molar-refractivity contribution in [3.8, 4) is 0 Å². The molecule has 118 valence electrons. The third-order valence-corrected chi connectivity index (χ3v) is 5.59. The number of piperidine rings is 1. The molecular weight excluding hydrogens is 295 g/mol. The number of alkyl halides is 3. The fourth-order valence-electron chi connectivity index (χ4n) is 2.58. The number of hydrogen-bond acceptors (Lipinski definition) is 3. The first-order chi connectivity index (χ1) is 9.20. The van der Waals surface area contributed by atoms with Crippen LogP contribution in [0.3, 0.4) is 0 Å². The fourth-order valence-corrected chi connectivity index (χ4v) is 4.30. The maximum Gasteiger partial charge on any atom is 0.407 e. The van der Waals surface area contributed by atoms with E-state index in [2.05, 4.69) is 5.32 Å². The van der Waals surface area contributed by atoms with Crippen molar-refractivity contribution in [1.82, 2.24) is 14.3 Å². The second-order valence-corrected chi connectivity index (χ2v) is 7.28. The first-order valence-corrected chi connectivity index (χ1v) is 8.14. The molecule has 2 N–H and O–H groups in total. The Bertz CT molecular complexity index is 446. The summed E-state index contributed by atoms with van der Waals surface area (Å²) in [6.45, 7) is 1.21. The van der Waals surface area contributed by atoms with Crippen LogP contribution in [0.4, 0.5) is 13.2 Å². The van der Waals surface area contributed by atoms with Crippen molar-refractivity contribution in [2.75, 3.05) is 26.7 Å². The van der Waals surface area contributed by atoms with Gasteiger partial charge in [-0.1, -0.05) is 0 Å². The number of halogens is 3. The molecule has 5 nitrogen and oxygen atoms in total. The normalized spacial score (nSPS) is 27.5. The summed E-state index contributed by atoms with van der Waals surface area (Å²) in [6.07, 6.45) is -3.32. The van der Waals surface area contributed by atoms with Gasteiger partial charge in [0, 0.05) is 13.1 Å². The first kappa shape index (κ1) is 16.0. The van der Waals surface area contributed by atoms with Crippen LogP contribution in [0.15, 0.2) is 0 Å². The van der Waals surface area contributed by atoms with Crippen LogP contribution in [0.1, 0.15) is 25.7 Å². The predicted octanol–water partition coefficient (Wildman–Crippen LogP) is 0.847. The summed E-state index contributed by atoms with van der Waals surface area (Å²) in [4.78, 5) is 0. The highest BCUT2D eigenvalue weighted by atomic mass is 32.2. The van der Waals surface area contributed by atoms with E-state index in [-0.39, 0.29) is 31.8 Å². The molecule has 1 saturated carbocycles. The summed E-state index contributed by atoms with van der Waals surface area (Å²) in [6, 6.07) is 0. The van der Waals surface area contributed by atoms with Gasteiger partial charge in [0.15, 0.2) is 0 Å². The van der Waals surface area contributed by atoms with Gasteiger partial charge in [-0.3, -0.25) is 0 Å². The minimum absolute atomic E-state index is 0.145. The van der Waals surface area contributed by atoms with Gasteiger partial charge in [0.05, 0.1) is 0 Å². The van der Waals surface area contributed by atoms with Crippen molar-refractivity contribution in [1.29, 1.82) is 0 Å². The summed E-state index contributed by atoms with van der Waals surface area (Å²) in [5, 5.41) is 2.97. The highest BCUT2D eigenvalue weighted by molar-refractivity contribution is 7.87. The molecule has 1 aliphatic heterocycles. The Balaban J connectivity index is 2.04. The molecule has 0 aromatic rings. The molecule has 1 aliphatic carbocycles. The summed E-state index contributed by atoms with van der Waals surface area (Å²) in [5.74, 6) is 0.145. The molecule has 9 heteroatoms. The quantitative estimate of drug-likeness (QED) is 0.790. The van der Waals surface area contributed by atoms with Crippen molar-refractivity contribution in [3.63, 3.8) is 0 Å². The molecule has 0 bridgehead atoms. The minimum Gasteiger partial charge on any atom is -0.319 e. The highest BCUT2D eigenvalue weighted by Crippen LogP contribution is 2.49. The third-order valence-electron chi connectivity index (χ3n) is 3.93. The van der Waals surface area contributed by atoms with Gasteiger partial charge >= 0.3 is 6.18 Å². The Morgan fingerprint density at radius 3 is 2.50 bits per heavy atom. The summed E-state index contributed by atoms with van der Waals surface area (Å²) in [5.41, 5.74) is -2.23. The lowest BCUT2D eigenvalue weighted by Crippen LogP contribution is -2.55. The maximum atomic E-state index is 12.8. The highest BCUT2D eigenvalue weighted by Gasteiger charge is 2.65. The molecule has 1 heterocycles. The Morgan fingerprint density at radius 2 is 2.00 bits per heavy atom. The van der Waals surface area contributed by atoms with E-state index in [4.69, 9.17) is 0 Å². The van der Waals surface area contributed by atoms with E-state index in [1.807, 2.05) is 4.72 Å². The van der Waals surface area contributed by atoms with Crippen LogP contribution >= 0.6 is 0 Å². The van der Waals surface area contributed by atoms with Gasteiger partial charge in [-0.15, -0.1) is 0 Å². The fraction of sp³-hybridized carbons (Fsp3) is 1.00. The first-order valence-electron chi connectivity index (χ1n) is 6.70. The van der Waals surface area contributed by atoms with Crippen LogP contribution < -0.4 is 10.0 Å². The molecule has 1 atom stereocenters. The molecule has 2 rings (SSSR count). The van der Waals surface area contributed by atoms with E-state index >= 15 is 0 Å². The van der Waals surface area contributed by atoms with E-state index in [0.717, 1.165) is 10.7 Å². The van der Waals surface area contributed by atoms with Gasteiger partial charge in [-0.25, -0.2) is 0 Å². The average molecular weight is 315 g/mol. The largest absolute Gasteiger partial charge is 0.407 e. The summed E-state index contributed by atoms with van der Waals surface area (Å²) in [7, 11) is -2.30. The van der Waals surface area contributed by atoms with Crippen molar-refractivity contribution < 1.29 is 21.6 Å². The zero-order chi connectivity index (χ0) is 15.0. The minimum atomic E-state index is -4.53. The summed E-state index contributed by atoms with van der Waals surface area (Å²) >= 11 is 0. The monoisotopic (exact) mass is 315 g/mol. The second kappa shape index (κ2) is 5.43. The molecule has 0 amide bonds. The SMILES string of the molecule is CNCC1CCCN(S(=O)(=O)NC2(C(F)(F)F)CC2)C1. The van der Waals surface area contributed by atoms with Crippen molar-refractivity contribution >= 4 is 10.2 Å². The van der Waals surface area contributed by atoms with E-state index in [9.17, 15) is 21.6 Å². The zero-order valence-electron chi connectivity index (χ0n) is 11.3. The third kappa shape index (κ3) is 3.26. The molecular formula is C11H20F3N3O2S. The van der Waals surface area contributed by atoms with Gasteiger partial charge < -0.3 is 5.32 Å². The standard InChI is InChI=1S/C11H20F3N3O2S/c1-15-7-9-3-2-6-17(8-9)20(18,19)16-10(4-5-10)11(12,13)14/h9,15-16H,2-8H2,1H3. The molecule has 0 spiro atoms. The van der Waals surface area contributed by atoms with Gasteiger partial charge in [0.25, 0.3) is 10.2 Å². The molecule has 0 radical (unpaired) electrons. The van der Waals surface area contributed by atoms with Gasteiger partial charge in [-0.2, -0.15) is 30.6 Å². The second-order valence-electron chi connectivity index (χ2n) is 5.61. The van der Waals surface area contributed by atoms with Crippen LogP contribution in [0.5, 0.6) is 0 Å². The average Bonchev–Trinajstić information content (AvgIpc) is 3.09. The van der Waals surface area contributed by atoms with E-state index in [1.165, 1.54) is 0 Å².